The lowest BCUT2D eigenvalue weighted by Crippen LogP contribution is -2.29. The molecular weight excluding hydrogens is 455 g/mol. The lowest BCUT2D eigenvalue weighted by molar-refractivity contribution is -0.137. The first-order valence-corrected chi connectivity index (χ1v) is 13.1. The van der Waals surface area contributed by atoms with Crippen molar-refractivity contribution in [3.63, 3.8) is 0 Å². The molecule has 0 spiro atoms. The number of halogens is 3. The van der Waals surface area contributed by atoms with Gasteiger partial charge in [0, 0.05) is 12.1 Å². The molecule has 2 rings (SSSR count). The van der Waals surface area contributed by atoms with Gasteiger partial charge in [0.05, 0.1) is 23.9 Å². The van der Waals surface area contributed by atoms with Crippen molar-refractivity contribution in [2.45, 2.75) is 51.4 Å². The minimum Gasteiger partial charge on any atom is -0.481 e. The lowest BCUT2D eigenvalue weighted by atomic mass is 10.1. The van der Waals surface area contributed by atoms with E-state index >= 15 is 0 Å². The summed E-state index contributed by atoms with van der Waals surface area (Å²) in [5, 5.41) is 0.351. The van der Waals surface area contributed by atoms with Gasteiger partial charge < -0.3 is 18.7 Å². The molecule has 2 aromatic rings. The Morgan fingerprint density at radius 2 is 1.82 bits per heavy atom. The zero-order chi connectivity index (χ0) is 24.6. The molecule has 10 heteroatoms. The Morgan fingerprint density at radius 1 is 1.18 bits per heavy atom. The quantitative estimate of drug-likeness (QED) is 0.246. The molecule has 0 fully saturated rings. The van der Waals surface area contributed by atoms with Crippen LogP contribution in [0.3, 0.4) is 0 Å². The summed E-state index contributed by atoms with van der Waals surface area (Å²) in [6.07, 6.45) is 0.190. The Bertz CT molecular complexity index is 1120. The molecule has 1 aromatic carbocycles. The molecule has 0 radical (unpaired) electrons. The van der Waals surface area contributed by atoms with E-state index in [0.29, 0.717) is 29.3 Å². The fraction of sp³-hybridized carbons (Fsp3) is 0.391. The Hall–Kier alpha value is -2.69. The highest BCUT2D eigenvalue weighted by molar-refractivity contribution is 6.63. The van der Waals surface area contributed by atoms with Gasteiger partial charge in [0.2, 0.25) is 0 Å². The van der Waals surface area contributed by atoms with Crippen LogP contribution in [0.4, 0.5) is 13.2 Å². The predicted molar refractivity (Wildman–Crippen MR) is 123 cm³/mol. The molecule has 0 saturated carbocycles. The summed E-state index contributed by atoms with van der Waals surface area (Å²) in [6, 6.07) is 6.13. The molecule has 1 heterocycles. The summed E-state index contributed by atoms with van der Waals surface area (Å²) in [5.41, 5.74) is -1.000. The van der Waals surface area contributed by atoms with E-state index < -0.39 is 25.9 Å². The van der Waals surface area contributed by atoms with Crippen LogP contribution in [0.1, 0.15) is 38.2 Å². The fourth-order valence-electron chi connectivity index (χ4n) is 3.00. The molecule has 0 aliphatic carbocycles. The van der Waals surface area contributed by atoms with Crippen molar-refractivity contribution in [2.75, 3.05) is 6.61 Å². The van der Waals surface area contributed by atoms with Crippen LogP contribution < -0.4 is 16.3 Å². The number of hydrogen-bond donors (Lipinski definition) is 2. The van der Waals surface area contributed by atoms with Crippen LogP contribution in [0.5, 0.6) is 0 Å². The molecule has 6 nitrogen and oxygen atoms in total. The van der Waals surface area contributed by atoms with Gasteiger partial charge in [-0.25, -0.2) is 9.79 Å². The maximum Gasteiger partial charge on any atom is 0.416 e. The Labute approximate surface area is 190 Å². The summed E-state index contributed by atoms with van der Waals surface area (Å²) in [6.45, 7) is 7.41. The molecule has 0 amide bonds. The molecule has 33 heavy (non-hydrogen) atoms. The van der Waals surface area contributed by atoms with Gasteiger partial charge >= 0.3 is 20.4 Å². The molecule has 2 N–H and O–H groups in total. The Morgan fingerprint density at radius 3 is 2.42 bits per heavy atom. The second-order valence-corrected chi connectivity index (χ2v) is 10.9. The number of alkyl halides is 3. The van der Waals surface area contributed by atoms with Gasteiger partial charge in [-0.05, 0) is 42.8 Å². The van der Waals surface area contributed by atoms with Crippen molar-refractivity contribution >= 4 is 27.2 Å². The van der Waals surface area contributed by atoms with Crippen molar-refractivity contribution in [1.82, 2.24) is 0 Å². The molecule has 0 atom stereocenters. The summed E-state index contributed by atoms with van der Waals surface area (Å²) < 4.78 is 48.9. The standard InChI is InChI=1S/C23H28F3NO5Si/c1-16-14-20(18-8-10-19(11-9-18)23(24,25)26)22(28)32-21(16)15-27-17(2)31-12-6-4-5-7-13-33(3,29)30/h8-11,14-15,29-30H,1,4-7,12-13H2,2-3H3/b21-15+,27-17?. The van der Waals surface area contributed by atoms with Crippen LogP contribution in [0, 0.1) is 0 Å². The molecule has 0 unspecified atom stereocenters. The molecule has 0 saturated heterocycles. The first-order valence-electron chi connectivity index (χ1n) is 10.5. The van der Waals surface area contributed by atoms with Gasteiger partial charge in [-0.15, -0.1) is 0 Å². The van der Waals surface area contributed by atoms with Crippen molar-refractivity contribution in [1.29, 1.82) is 0 Å². The topological polar surface area (TPSA) is 92.3 Å². The van der Waals surface area contributed by atoms with E-state index in [9.17, 15) is 27.6 Å². The van der Waals surface area contributed by atoms with Crippen LogP contribution in [-0.4, -0.2) is 30.7 Å². The van der Waals surface area contributed by atoms with Gasteiger partial charge in [-0.2, -0.15) is 13.2 Å². The van der Waals surface area contributed by atoms with Crippen LogP contribution in [-0.2, 0) is 10.9 Å². The maximum absolute atomic E-state index is 12.7. The van der Waals surface area contributed by atoms with Crippen molar-refractivity contribution in [2.24, 2.45) is 4.99 Å². The molecule has 0 aliphatic heterocycles. The third-order valence-electron chi connectivity index (χ3n) is 4.80. The van der Waals surface area contributed by atoms with E-state index in [4.69, 9.17) is 9.15 Å². The third-order valence-corrected chi connectivity index (χ3v) is 6.10. The van der Waals surface area contributed by atoms with Crippen LogP contribution in [0.15, 0.2) is 44.5 Å². The number of nitrogens with zero attached hydrogens (tertiary/aromatic N) is 1. The van der Waals surface area contributed by atoms with Crippen molar-refractivity contribution < 1.29 is 31.9 Å². The van der Waals surface area contributed by atoms with Crippen molar-refractivity contribution in [3.8, 4) is 11.1 Å². The van der Waals surface area contributed by atoms with Crippen LogP contribution in [0.2, 0.25) is 12.6 Å². The predicted octanol–water partition coefficient (Wildman–Crippen LogP) is 3.53. The lowest BCUT2D eigenvalue weighted by Gasteiger charge is -2.10. The van der Waals surface area contributed by atoms with E-state index in [0.717, 1.165) is 37.8 Å². The first kappa shape index (κ1) is 26.6. The van der Waals surface area contributed by atoms with Gasteiger partial charge in [0.25, 0.3) is 0 Å². The summed E-state index contributed by atoms with van der Waals surface area (Å²) in [5.74, 6) is 0.370. The largest absolute Gasteiger partial charge is 0.481 e. The van der Waals surface area contributed by atoms with E-state index in [-0.39, 0.29) is 11.0 Å². The smallest absolute Gasteiger partial charge is 0.416 e. The minimum atomic E-state index is -4.46. The number of unbranched alkanes of at least 4 members (excludes halogenated alkanes) is 3. The first-order chi connectivity index (χ1) is 15.4. The summed E-state index contributed by atoms with van der Waals surface area (Å²) in [7, 11) is -2.96. The zero-order valence-corrected chi connectivity index (χ0v) is 19.6. The highest BCUT2D eigenvalue weighted by Crippen LogP contribution is 2.30. The number of ether oxygens (including phenoxy) is 1. The molecule has 0 bridgehead atoms. The average molecular weight is 484 g/mol. The van der Waals surface area contributed by atoms with E-state index in [2.05, 4.69) is 11.6 Å². The van der Waals surface area contributed by atoms with E-state index in [1.165, 1.54) is 30.9 Å². The molecular formula is C23H28F3NO5Si. The van der Waals surface area contributed by atoms with Crippen molar-refractivity contribution in [3.05, 3.63) is 56.9 Å². The molecule has 180 valence electrons. The van der Waals surface area contributed by atoms with Gasteiger partial charge in [0.15, 0.2) is 11.3 Å². The number of benzene rings is 1. The molecule has 1 aromatic heterocycles. The number of hydrogen-bond acceptors (Lipinski definition) is 6. The highest BCUT2D eigenvalue weighted by atomic mass is 28.4. The highest BCUT2D eigenvalue weighted by Gasteiger charge is 2.30. The SMILES string of the molecule is C=c1cc(-c2ccc(C(F)(F)F)cc2)c(=O)o/c1=C/N=C(C)OCCCCCC[Si](C)(O)O. The fourth-order valence-corrected chi connectivity index (χ4v) is 3.92. The average Bonchev–Trinajstić information content (AvgIpc) is 2.72. The zero-order valence-electron chi connectivity index (χ0n) is 18.6. The third kappa shape index (κ3) is 8.99. The Balaban J connectivity index is 1.98. The minimum absolute atomic E-state index is 0.105. The van der Waals surface area contributed by atoms with Gasteiger partial charge in [-0.1, -0.05) is 38.0 Å². The monoisotopic (exact) mass is 483 g/mol. The molecule has 0 aliphatic rings. The van der Waals surface area contributed by atoms with Gasteiger partial charge in [0.1, 0.15) is 0 Å². The Kier molecular flexibility index (Phi) is 9.21. The summed E-state index contributed by atoms with van der Waals surface area (Å²) >= 11 is 0. The van der Waals surface area contributed by atoms with Crippen LogP contribution >= 0.6 is 0 Å². The number of aliphatic imine (C=N–C) groups is 1. The van der Waals surface area contributed by atoms with Gasteiger partial charge in [-0.3, -0.25) is 0 Å². The second kappa shape index (κ2) is 11.4. The van der Waals surface area contributed by atoms with E-state index in [1.807, 2.05) is 0 Å². The number of rotatable bonds is 9. The van der Waals surface area contributed by atoms with Crippen LogP contribution in [0.25, 0.3) is 23.9 Å². The summed E-state index contributed by atoms with van der Waals surface area (Å²) in [4.78, 5) is 35.2. The van der Waals surface area contributed by atoms with E-state index in [1.54, 1.807) is 6.92 Å². The second-order valence-electron chi connectivity index (χ2n) is 7.92. The maximum atomic E-state index is 12.7. The normalized spacial score (nSPS) is 13.4.